The molecule has 1 unspecified atom stereocenters. The molecule has 0 bridgehead atoms. The van der Waals surface area contributed by atoms with Gasteiger partial charge in [-0.3, -0.25) is 4.90 Å². The molecule has 1 amide bonds. The van der Waals surface area contributed by atoms with E-state index in [0.717, 1.165) is 0 Å². The van der Waals surface area contributed by atoms with Gasteiger partial charge in [0.1, 0.15) is 5.60 Å². The fourth-order valence-electron chi connectivity index (χ4n) is 2.26. The van der Waals surface area contributed by atoms with Crippen molar-refractivity contribution in [2.75, 3.05) is 6.54 Å². The summed E-state index contributed by atoms with van der Waals surface area (Å²) in [7, 11) is 0. The quantitative estimate of drug-likeness (QED) is 0.868. The van der Waals surface area contributed by atoms with Gasteiger partial charge < -0.3 is 14.4 Å². The van der Waals surface area contributed by atoms with Crippen LogP contribution in [0, 0.1) is 0 Å². The molecule has 0 spiro atoms. The number of hydrogen-bond acceptors (Lipinski definition) is 4. The third-order valence-corrected chi connectivity index (χ3v) is 3.17. The molecule has 7 nitrogen and oxygen atoms in total. The molecule has 0 aromatic carbocycles. The van der Waals surface area contributed by atoms with Crippen LogP contribution in [0.3, 0.4) is 0 Å². The van der Waals surface area contributed by atoms with E-state index in [4.69, 9.17) is 4.74 Å². The van der Waals surface area contributed by atoms with Gasteiger partial charge in [-0.2, -0.15) is 0 Å². The van der Waals surface area contributed by atoms with Gasteiger partial charge in [0.25, 0.3) is 0 Å². The van der Waals surface area contributed by atoms with Crippen LogP contribution in [0.2, 0.25) is 0 Å². The highest BCUT2D eigenvalue weighted by Crippen LogP contribution is 2.26. The average Bonchev–Trinajstić information content (AvgIpc) is 2.84. The van der Waals surface area contributed by atoms with Crippen molar-refractivity contribution in [1.29, 1.82) is 0 Å². The smallest absolute Gasteiger partial charge is 0.411 e. The van der Waals surface area contributed by atoms with Crippen LogP contribution >= 0.6 is 0 Å². The summed E-state index contributed by atoms with van der Waals surface area (Å²) < 4.78 is 7.13. The van der Waals surface area contributed by atoms with Crippen LogP contribution in [0.25, 0.3) is 0 Å². The lowest BCUT2D eigenvalue weighted by molar-refractivity contribution is -0.143. The lowest BCUT2D eigenvalue weighted by atomic mass is 10.1. The molecule has 1 heterocycles. The van der Waals surface area contributed by atoms with E-state index >= 15 is 0 Å². The first kappa shape index (κ1) is 19.0. The highest BCUT2D eigenvalue weighted by atomic mass is 16.6. The Morgan fingerprint density at radius 3 is 2.43 bits per heavy atom. The zero-order valence-electron chi connectivity index (χ0n) is 14.7. The molecular weight excluding hydrogens is 298 g/mol. The Bertz CT molecular complexity index is 546. The van der Waals surface area contributed by atoms with Crippen molar-refractivity contribution in [2.24, 2.45) is 0 Å². The van der Waals surface area contributed by atoms with Crippen molar-refractivity contribution >= 4 is 12.1 Å². The second-order valence-corrected chi connectivity index (χ2v) is 6.73. The second-order valence-electron chi connectivity index (χ2n) is 6.73. The minimum absolute atomic E-state index is 0.0384. The average molecular weight is 325 g/mol. The summed E-state index contributed by atoms with van der Waals surface area (Å²) in [5.41, 5.74) is -0.225. The van der Waals surface area contributed by atoms with Crippen molar-refractivity contribution in [3.8, 4) is 0 Å². The molecule has 1 aromatic heterocycles. The monoisotopic (exact) mass is 325 g/mol. The molecule has 0 saturated carbocycles. The molecule has 1 rings (SSSR count). The number of aliphatic carboxylic acids is 1. The Hall–Kier alpha value is -2.05. The highest BCUT2D eigenvalue weighted by Gasteiger charge is 2.36. The van der Waals surface area contributed by atoms with Crippen LogP contribution in [0.1, 0.15) is 65.7 Å². The van der Waals surface area contributed by atoms with Crippen LogP contribution in [0.5, 0.6) is 0 Å². The largest absolute Gasteiger partial charge is 0.479 e. The lowest BCUT2D eigenvalue weighted by Gasteiger charge is -2.32. The molecule has 1 N–H and O–H groups in total. The first-order chi connectivity index (χ1) is 10.6. The van der Waals surface area contributed by atoms with E-state index in [1.54, 1.807) is 31.7 Å². The molecule has 130 valence electrons. The summed E-state index contributed by atoms with van der Waals surface area (Å²) in [6, 6.07) is -1.09. The van der Waals surface area contributed by atoms with E-state index in [1.165, 1.54) is 11.1 Å². The molecule has 23 heavy (non-hydrogen) atoms. The summed E-state index contributed by atoms with van der Waals surface area (Å²) in [5, 5.41) is 9.70. The van der Waals surface area contributed by atoms with Crippen molar-refractivity contribution in [1.82, 2.24) is 14.5 Å². The Kier molecular flexibility index (Phi) is 6.18. The highest BCUT2D eigenvalue weighted by molar-refractivity contribution is 5.81. The van der Waals surface area contributed by atoms with Crippen molar-refractivity contribution in [3.05, 3.63) is 18.2 Å². The number of carboxylic acid groups (broad SMARTS) is 1. The lowest BCUT2D eigenvalue weighted by Crippen LogP contribution is -2.43. The van der Waals surface area contributed by atoms with Gasteiger partial charge in [-0.15, -0.1) is 0 Å². The van der Waals surface area contributed by atoms with Crippen LogP contribution < -0.4 is 0 Å². The molecule has 1 atom stereocenters. The number of carbonyl (C=O) groups excluding carboxylic acids is 1. The number of rotatable bonds is 6. The SMILES string of the molecule is CCCN(C(=O)OC(C)(C)C)C(C(=O)O)c1cncn1C(C)C. The van der Waals surface area contributed by atoms with E-state index in [1.807, 2.05) is 20.8 Å². The topological polar surface area (TPSA) is 84.7 Å². The third kappa shape index (κ3) is 4.97. The molecular formula is C16H27N3O4. The van der Waals surface area contributed by atoms with Crippen LogP contribution in [0.15, 0.2) is 12.5 Å². The molecule has 0 saturated heterocycles. The second kappa shape index (κ2) is 7.48. The molecule has 1 aromatic rings. The van der Waals surface area contributed by atoms with Gasteiger partial charge >= 0.3 is 12.1 Å². The van der Waals surface area contributed by atoms with Gasteiger partial charge in [-0.1, -0.05) is 6.92 Å². The van der Waals surface area contributed by atoms with Crippen LogP contribution in [-0.2, 0) is 9.53 Å². The van der Waals surface area contributed by atoms with E-state index in [-0.39, 0.29) is 12.6 Å². The number of carboxylic acids is 1. The molecule has 0 aliphatic heterocycles. The normalized spacial score (nSPS) is 13.0. The summed E-state index contributed by atoms with van der Waals surface area (Å²) >= 11 is 0. The number of hydrogen-bond donors (Lipinski definition) is 1. The molecule has 0 fully saturated rings. The Morgan fingerprint density at radius 2 is 2.00 bits per heavy atom. The van der Waals surface area contributed by atoms with E-state index < -0.39 is 23.7 Å². The van der Waals surface area contributed by atoms with Gasteiger partial charge in [0.2, 0.25) is 0 Å². The Morgan fingerprint density at radius 1 is 1.39 bits per heavy atom. The standard InChI is InChI=1S/C16H27N3O4/c1-7-8-18(15(22)23-16(4,5)6)13(14(20)21)12-9-17-10-19(12)11(2)3/h9-11,13H,7-8H2,1-6H3,(H,20,21). The number of aromatic nitrogens is 2. The third-order valence-electron chi connectivity index (χ3n) is 3.17. The first-order valence-electron chi connectivity index (χ1n) is 7.82. The summed E-state index contributed by atoms with van der Waals surface area (Å²) in [4.78, 5) is 29.6. The fraction of sp³-hybridized carbons (Fsp3) is 0.688. The fourth-order valence-corrected chi connectivity index (χ4v) is 2.26. The first-order valence-corrected chi connectivity index (χ1v) is 7.82. The summed E-state index contributed by atoms with van der Waals surface area (Å²) in [6.07, 6.45) is 3.06. The van der Waals surface area contributed by atoms with Crippen molar-refractivity contribution in [2.45, 2.75) is 65.6 Å². The zero-order chi connectivity index (χ0) is 17.8. The van der Waals surface area contributed by atoms with Gasteiger partial charge in [-0.05, 0) is 41.0 Å². The maximum absolute atomic E-state index is 12.5. The van der Waals surface area contributed by atoms with Gasteiger partial charge in [0.05, 0.1) is 18.2 Å². The van der Waals surface area contributed by atoms with E-state index in [2.05, 4.69) is 4.98 Å². The summed E-state index contributed by atoms with van der Waals surface area (Å²) in [5.74, 6) is -1.10. The maximum atomic E-state index is 12.5. The number of amides is 1. The zero-order valence-corrected chi connectivity index (χ0v) is 14.7. The van der Waals surface area contributed by atoms with Crippen LogP contribution in [0.4, 0.5) is 4.79 Å². The molecule has 0 aliphatic rings. The van der Waals surface area contributed by atoms with Gasteiger partial charge in [0, 0.05) is 12.6 Å². The number of ether oxygens (including phenoxy) is 1. The Labute approximate surface area is 137 Å². The maximum Gasteiger partial charge on any atom is 0.411 e. The molecule has 7 heteroatoms. The van der Waals surface area contributed by atoms with Crippen molar-refractivity contribution in [3.63, 3.8) is 0 Å². The Balaban J connectivity index is 3.24. The predicted octanol–water partition coefficient (Wildman–Crippen LogP) is 3.24. The van der Waals surface area contributed by atoms with Gasteiger partial charge in [0.15, 0.2) is 6.04 Å². The van der Waals surface area contributed by atoms with Crippen molar-refractivity contribution < 1.29 is 19.4 Å². The predicted molar refractivity (Wildman–Crippen MR) is 86.2 cm³/mol. The van der Waals surface area contributed by atoms with Gasteiger partial charge in [-0.25, -0.2) is 14.6 Å². The molecule has 0 aliphatic carbocycles. The summed E-state index contributed by atoms with van der Waals surface area (Å²) in [6.45, 7) is 11.3. The van der Waals surface area contributed by atoms with E-state index in [9.17, 15) is 14.7 Å². The van der Waals surface area contributed by atoms with Crippen LogP contribution in [-0.4, -0.2) is 43.8 Å². The number of carbonyl (C=O) groups is 2. The number of nitrogens with zero attached hydrogens (tertiary/aromatic N) is 3. The minimum Gasteiger partial charge on any atom is -0.479 e. The minimum atomic E-state index is -1.13. The molecule has 0 radical (unpaired) electrons. The van der Waals surface area contributed by atoms with E-state index in [0.29, 0.717) is 12.1 Å². The number of imidazole rings is 1.